The number of hydrogen-bond acceptors (Lipinski definition) is 1. The average Bonchev–Trinajstić information content (AvgIpc) is 2.40. The number of hydrogen-bond donors (Lipinski definition) is 1. The highest BCUT2D eigenvalue weighted by Crippen LogP contribution is 2.27. The Morgan fingerprint density at radius 3 is 2.78 bits per heavy atom. The predicted octanol–water partition coefficient (Wildman–Crippen LogP) is 5.16. The van der Waals surface area contributed by atoms with Gasteiger partial charge >= 0.3 is 0 Å². The summed E-state index contributed by atoms with van der Waals surface area (Å²) in [5.74, 6) is 0.844. The van der Waals surface area contributed by atoms with E-state index in [4.69, 9.17) is 11.6 Å². The zero-order valence-electron chi connectivity index (χ0n) is 10.9. The van der Waals surface area contributed by atoms with Crippen LogP contribution in [0, 0.1) is 5.92 Å². The predicted molar refractivity (Wildman–Crippen MR) is 82.0 cm³/mol. The summed E-state index contributed by atoms with van der Waals surface area (Å²) in [5.41, 5.74) is 1.24. The molecule has 0 heterocycles. The van der Waals surface area contributed by atoms with Crippen LogP contribution in [0.15, 0.2) is 22.7 Å². The summed E-state index contributed by atoms with van der Waals surface area (Å²) in [5, 5.41) is 4.45. The Morgan fingerprint density at radius 2 is 2.06 bits per heavy atom. The van der Waals surface area contributed by atoms with E-state index in [-0.39, 0.29) is 0 Å². The third-order valence-electron chi connectivity index (χ3n) is 3.98. The Kier molecular flexibility index (Phi) is 5.53. The van der Waals surface area contributed by atoms with E-state index in [0.29, 0.717) is 6.04 Å². The van der Waals surface area contributed by atoms with Gasteiger partial charge in [-0.15, -0.1) is 0 Å². The smallest absolute Gasteiger partial charge is 0.0410 e. The fourth-order valence-electron chi connectivity index (χ4n) is 2.75. The Hall–Kier alpha value is -0.0500. The Labute approximate surface area is 123 Å². The van der Waals surface area contributed by atoms with E-state index in [1.54, 1.807) is 0 Å². The van der Waals surface area contributed by atoms with Crippen LogP contribution in [0.3, 0.4) is 0 Å². The van der Waals surface area contributed by atoms with Crippen molar-refractivity contribution in [2.75, 3.05) is 0 Å². The lowest BCUT2D eigenvalue weighted by Gasteiger charge is -2.28. The zero-order valence-corrected chi connectivity index (χ0v) is 13.2. The van der Waals surface area contributed by atoms with Crippen LogP contribution in [0.4, 0.5) is 0 Å². The topological polar surface area (TPSA) is 12.0 Å². The van der Waals surface area contributed by atoms with E-state index in [1.807, 2.05) is 18.2 Å². The van der Waals surface area contributed by atoms with E-state index in [9.17, 15) is 0 Å². The third kappa shape index (κ3) is 3.97. The molecule has 0 unspecified atom stereocenters. The van der Waals surface area contributed by atoms with Crippen LogP contribution in [0.5, 0.6) is 0 Å². The van der Waals surface area contributed by atoms with Crippen LogP contribution in [-0.2, 0) is 6.54 Å². The molecular weight excluding hydrogens is 310 g/mol. The molecule has 3 heteroatoms. The lowest BCUT2D eigenvalue weighted by molar-refractivity contribution is 0.280. The Bertz CT molecular complexity index is 388. The van der Waals surface area contributed by atoms with Gasteiger partial charge in [0.2, 0.25) is 0 Å². The van der Waals surface area contributed by atoms with E-state index in [1.165, 1.54) is 37.7 Å². The maximum Gasteiger partial charge on any atom is 0.0410 e. The van der Waals surface area contributed by atoms with Crippen molar-refractivity contribution in [3.05, 3.63) is 33.3 Å². The summed E-state index contributed by atoms with van der Waals surface area (Å²) in [6.07, 6.45) is 6.98. The molecule has 18 heavy (non-hydrogen) atoms. The van der Waals surface area contributed by atoms with Crippen molar-refractivity contribution in [2.45, 2.75) is 51.6 Å². The van der Waals surface area contributed by atoms with Crippen molar-refractivity contribution in [1.82, 2.24) is 5.32 Å². The molecule has 1 aromatic rings. The van der Waals surface area contributed by atoms with Crippen molar-refractivity contribution in [3.63, 3.8) is 0 Å². The molecule has 1 saturated carbocycles. The summed E-state index contributed by atoms with van der Waals surface area (Å²) < 4.78 is 1.13. The normalized spacial score (nSPS) is 18.8. The van der Waals surface area contributed by atoms with Crippen molar-refractivity contribution in [1.29, 1.82) is 0 Å². The first kappa shape index (κ1) is 14.4. The molecule has 0 amide bonds. The van der Waals surface area contributed by atoms with Gasteiger partial charge in [0.15, 0.2) is 0 Å². The standard InChI is InChI=1S/C15H21BrClN/c1-11(12-5-3-2-4-6-12)18-10-13-9-14(17)7-8-15(13)16/h7-9,11-12,18H,2-6,10H2,1H3/t11-/m0/s1. The first-order valence-electron chi connectivity index (χ1n) is 6.84. The van der Waals surface area contributed by atoms with Crippen LogP contribution in [-0.4, -0.2) is 6.04 Å². The Balaban J connectivity index is 1.88. The zero-order chi connectivity index (χ0) is 13.0. The molecule has 0 radical (unpaired) electrons. The van der Waals surface area contributed by atoms with E-state index < -0.39 is 0 Å². The van der Waals surface area contributed by atoms with Gasteiger partial charge in [0.1, 0.15) is 0 Å². The van der Waals surface area contributed by atoms with Crippen LogP contribution in [0.1, 0.15) is 44.6 Å². The summed E-state index contributed by atoms with van der Waals surface area (Å²) in [6.45, 7) is 3.20. The second-order valence-electron chi connectivity index (χ2n) is 5.30. The van der Waals surface area contributed by atoms with Crippen LogP contribution in [0.25, 0.3) is 0 Å². The van der Waals surface area contributed by atoms with E-state index >= 15 is 0 Å². The molecule has 0 spiro atoms. The van der Waals surface area contributed by atoms with Gasteiger partial charge in [-0.05, 0) is 49.4 Å². The highest BCUT2D eigenvalue weighted by molar-refractivity contribution is 9.10. The van der Waals surface area contributed by atoms with Gasteiger partial charge < -0.3 is 5.32 Å². The summed E-state index contributed by atoms with van der Waals surface area (Å²) in [7, 11) is 0. The van der Waals surface area contributed by atoms with E-state index in [0.717, 1.165) is 22.0 Å². The molecule has 0 bridgehead atoms. The van der Waals surface area contributed by atoms with Crippen molar-refractivity contribution < 1.29 is 0 Å². The number of halogens is 2. The highest BCUT2D eigenvalue weighted by Gasteiger charge is 2.19. The van der Waals surface area contributed by atoms with Crippen molar-refractivity contribution in [3.8, 4) is 0 Å². The van der Waals surface area contributed by atoms with Gasteiger partial charge in [-0.25, -0.2) is 0 Å². The van der Waals surface area contributed by atoms with Crippen LogP contribution < -0.4 is 5.32 Å². The molecule has 1 aromatic carbocycles. The molecular formula is C15H21BrClN. The van der Waals surface area contributed by atoms with Crippen LogP contribution in [0.2, 0.25) is 5.02 Å². The lowest BCUT2D eigenvalue weighted by atomic mass is 9.84. The maximum atomic E-state index is 6.03. The van der Waals surface area contributed by atoms with E-state index in [2.05, 4.69) is 28.2 Å². The molecule has 1 aliphatic carbocycles. The molecule has 2 rings (SSSR count). The molecule has 1 N–H and O–H groups in total. The van der Waals surface area contributed by atoms with Gasteiger partial charge in [-0.3, -0.25) is 0 Å². The second kappa shape index (κ2) is 6.93. The van der Waals surface area contributed by atoms with Gasteiger partial charge in [-0.1, -0.05) is 46.8 Å². The molecule has 0 aromatic heterocycles. The third-order valence-corrected chi connectivity index (χ3v) is 4.99. The summed E-state index contributed by atoms with van der Waals surface area (Å²) in [6, 6.07) is 6.56. The van der Waals surface area contributed by atoms with Gasteiger partial charge in [0, 0.05) is 22.1 Å². The Morgan fingerprint density at radius 1 is 1.33 bits per heavy atom. The molecule has 100 valence electrons. The maximum absolute atomic E-state index is 6.03. The molecule has 0 aliphatic heterocycles. The number of nitrogens with one attached hydrogen (secondary N) is 1. The molecule has 1 nitrogen and oxygen atoms in total. The second-order valence-corrected chi connectivity index (χ2v) is 6.59. The highest BCUT2D eigenvalue weighted by atomic mass is 79.9. The summed E-state index contributed by atoms with van der Waals surface area (Å²) in [4.78, 5) is 0. The minimum atomic E-state index is 0.594. The summed E-state index contributed by atoms with van der Waals surface area (Å²) >= 11 is 9.61. The quantitative estimate of drug-likeness (QED) is 0.804. The minimum absolute atomic E-state index is 0.594. The molecule has 0 saturated heterocycles. The first-order valence-corrected chi connectivity index (χ1v) is 8.01. The lowest BCUT2D eigenvalue weighted by Crippen LogP contribution is -2.34. The molecule has 1 fully saturated rings. The fraction of sp³-hybridized carbons (Fsp3) is 0.600. The first-order chi connectivity index (χ1) is 8.66. The molecule has 1 aliphatic rings. The van der Waals surface area contributed by atoms with Gasteiger partial charge in [0.25, 0.3) is 0 Å². The fourth-order valence-corrected chi connectivity index (χ4v) is 3.33. The average molecular weight is 331 g/mol. The molecule has 1 atom stereocenters. The number of rotatable bonds is 4. The van der Waals surface area contributed by atoms with Crippen molar-refractivity contribution >= 4 is 27.5 Å². The largest absolute Gasteiger partial charge is 0.310 e. The van der Waals surface area contributed by atoms with Gasteiger partial charge in [0.05, 0.1) is 0 Å². The minimum Gasteiger partial charge on any atom is -0.310 e. The monoisotopic (exact) mass is 329 g/mol. The van der Waals surface area contributed by atoms with Gasteiger partial charge in [-0.2, -0.15) is 0 Å². The number of benzene rings is 1. The van der Waals surface area contributed by atoms with Crippen LogP contribution >= 0.6 is 27.5 Å². The SMILES string of the molecule is C[C@H](NCc1cc(Cl)ccc1Br)C1CCCCC1. The van der Waals surface area contributed by atoms with Crippen molar-refractivity contribution in [2.24, 2.45) is 5.92 Å².